The average Bonchev–Trinajstić information content (AvgIpc) is 3.20. The van der Waals surface area contributed by atoms with Crippen LogP contribution in [0.3, 0.4) is 0 Å². The van der Waals surface area contributed by atoms with Gasteiger partial charge in [0, 0.05) is 34.6 Å². The molecule has 1 aliphatic heterocycles. The Bertz CT molecular complexity index is 2380. The average molecular weight is 642 g/mol. The summed E-state index contributed by atoms with van der Waals surface area (Å²) in [6.45, 7) is 0. The second kappa shape index (κ2) is 12.7. The van der Waals surface area contributed by atoms with E-state index >= 15 is 0 Å². The third kappa shape index (κ3) is 5.20. The largest absolute Gasteiger partial charge is 0.453 e. The van der Waals surface area contributed by atoms with E-state index in [4.69, 9.17) is 9.72 Å². The maximum Gasteiger partial charge on any atom is 0.151 e. The minimum Gasteiger partial charge on any atom is -0.453 e. The van der Waals surface area contributed by atoms with E-state index in [1.165, 1.54) is 0 Å². The highest BCUT2D eigenvalue weighted by Gasteiger charge is 2.32. The van der Waals surface area contributed by atoms with Gasteiger partial charge in [0.2, 0.25) is 0 Å². The van der Waals surface area contributed by atoms with Crippen molar-refractivity contribution in [2.75, 3.05) is 4.90 Å². The SMILES string of the molecule is c1ccc(-c2nc(N3c4ccccc4Oc4ccccc43)c(-c3ccccc3)c(-c3ccc(-c4cccnc4)cc3)c2-c2ccccc2)cc1. The van der Waals surface area contributed by atoms with E-state index in [1.54, 1.807) is 0 Å². The van der Waals surface area contributed by atoms with Crippen molar-refractivity contribution in [3.8, 4) is 67.3 Å². The van der Waals surface area contributed by atoms with Crippen molar-refractivity contribution in [1.82, 2.24) is 9.97 Å². The fraction of sp³-hybridized carbons (Fsp3) is 0. The Morgan fingerprint density at radius 3 is 1.44 bits per heavy atom. The zero-order valence-corrected chi connectivity index (χ0v) is 27.1. The van der Waals surface area contributed by atoms with Crippen LogP contribution in [0.25, 0.3) is 55.8 Å². The van der Waals surface area contributed by atoms with E-state index in [9.17, 15) is 0 Å². The van der Waals surface area contributed by atoms with Crippen molar-refractivity contribution < 1.29 is 4.74 Å². The fourth-order valence-electron chi connectivity index (χ4n) is 6.89. The number of nitrogens with zero attached hydrogens (tertiary/aromatic N) is 3. The molecular formula is C46H31N3O. The zero-order valence-electron chi connectivity index (χ0n) is 27.1. The lowest BCUT2D eigenvalue weighted by atomic mass is 9.84. The maximum atomic E-state index is 6.48. The molecule has 0 spiro atoms. The lowest BCUT2D eigenvalue weighted by Gasteiger charge is -2.35. The van der Waals surface area contributed by atoms with Crippen molar-refractivity contribution >= 4 is 17.2 Å². The smallest absolute Gasteiger partial charge is 0.151 e. The standard InChI is InChI=1S/C46H31N3O/c1-4-15-33(16-5-1)43-42(35-28-26-32(27-29-35)37-21-14-30-47-31-37)44(34-17-6-2-7-18-34)46(48-45(43)36-19-8-3-9-20-36)49-38-22-10-12-24-40(38)50-41-25-13-11-23-39(41)49/h1-31H. The van der Waals surface area contributed by atoms with E-state index in [0.29, 0.717) is 0 Å². The van der Waals surface area contributed by atoms with Crippen LogP contribution in [0.5, 0.6) is 11.5 Å². The van der Waals surface area contributed by atoms with Gasteiger partial charge in [-0.1, -0.05) is 146 Å². The molecule has 50 heavy (non-hydrogen) atoms. The lowest BCUT2D eigenvalue weighted by Crippen LogP contribution is -2.19. The molecule has 4 nitrogen and oxygen atoms in total. The molecule has 3 heterocycles. The van der Waals surface area contributed by atoms with Crippen molar-refractivity contribution in [1.29, 1.82) is 0 Å². The molecule has 8 aromatic rings. The van der Waals surface area contributed by atoms with E-state index in [2.05, 4.69) is 155 Å². The first kappa shape index (κ1) is 29.4. The Morgan fingerprint density at radius 2 is 0.860 bits per heavy atom. The molecule has 236 valence electrons. The predicted molar refractivity (Wildman–Crippen MR) is 204 cm³/mol. The van der Waals surface area contributed by atoms with Gasteiger partial charge in [0.1, 0.15) is 5.82 Å². The van der Waals surface area contributed by atoms with Crippen LogP contribution < -0.4 is 9.64 Å². The van der Waals surface area contributed by atoms with Gasteiger partial charge in [-0.15, -0.1) is 0 Å². The molecule has 0 bridgehead atoms. The van der Waals surface area contributed by atoms with Crippen molar-refractivity contribution in [2.45, 2.75) is 0 Å². The van der Waals surface area contributed by atoms with Gasteiger partial charge in [-0.25, -0.2) is 4.98 Å². The van der Waals surface area contributed by atoms with Gasteiger partial charge in [0.05, 0.1) is 17.1 Å². The number of para-hydroxylation sites is 4. The molecule has 9 rings (SSSR count). The third-order valence-corrected chi connectivity index (χ3v) is 9.16. The molecule has 0 radical (unpaired) electrons. The summed E-state index contributed by atoms with van der Waals surface area (Å²) in [5.74, 6) is 2.38. The maximum absolute atomic E-state index is 6.48. The number of hydrogen-bond acceptors (Lipinski definition) is 4. The van der Waals surface area contributed by atoms with Crippen LogP contribution in [0.15, 0.2) is 188 Å². The van der Waals surface area contributed by atoms with Crippen LogP contribution in [0.2, 0.25) is 0 Å². The molecule has 0 saturated heterocycles. The molecule has 2 aromatic heterocycles. The van der Waals surface area contributed by atoms with Gasteiger partial charge in [0.15, 0.2) is 11.5 Å². The fourth-order valence-corrected chi connectivity index (χ4v) is 6.89. The third-order valence-electron chi connectivity index (χ3n) is 9.16. The Morgan fingerprint density at radius 1 is 0.380 bits per heavy atom. The van der Waals surface area contributed by atoms with Crippen LogP contribution in [0.1, 0.15) is 0 Å². The number of pyridine rings is 2. The highest BCUT2D eigenvalue weighted by molar-refractivity contribution is 6.06. The summed E-state index contributed by atoms with van der Waals surface area (Å²) in [5.41, 5.74) is 12.4. The Labute approximate surface area is 291 Å². The number of aromatic nitrogens is 2. The number of benzene rings is 6. The highest BCUT2D eigenvalue weighted by atomic mass is 16.5. The Hall–Kier alpha value is -6.78. The van der Waals surface area contributed by atoms with Crippen LogP contribution in [-0.4, -0.2) is 9.97 Å². The molecule has 0 amide bonds. The van der Waals surface area contributed by atoms with Gasteiger partial charge in [-0.3, -0.25) is 9.88 Å². The summed E-state index contributed by atoms with van der Waals surface area (Å²) in [4.78, 5) is 12.4. The van der Waals surface area contributed by atoms with Crippen LogP contribution in [-0.2, 0) is 0 Å². The molecule has 1 aliphatic rings. The normalized spacial score (nSPS) is 11.7. The molecule has 0 atom stereocenters. The molecule has 4 heteroatoms. The van der Waals surface area contributed by atoms with Crippen molar-refractivity contribution in [3.63, 3.8) is 0 Å². The summed E-state index contributed by atoms with van der Waals surface area (Å²) in [7, 11) is 0. The number of hydrogen-bond donors (Lipinski definition) is 0. The minimum absolute atomic E-state index is 0.780. The van der Waals surface area contributed by atoms with Gasteiger partial charge in [-0.2, -0.15) is 0 Å². The molecule has 0 N–H and O–H groups in total. The first-order valence-corrected chi connectivity index (χ1v) is 16.7. The van der Waals surface area contributed by atoms with Crippen LogP contribution in [0, 0.1) is 0 Å². The Kier molecular flexibility index (Phi) is 7.45. The molecule has 0 unspecified atom stereocenters. The molecule has 6 aromatic carbocycles. The first-order valence-electron chi connectivity index (χ1n) is 16.7. The monoisotopic (exact) mass is 641 g/mol. The lowest BCUT2D eigenvalue weighted by molar-refractivity contribution is 0.477. The molecule has 0 saturated carbocycles. The van der Waals surface area contributed by atoms with E-state index in [0.717, 1.165) is 84.5 Å². The topological polar surface area (TPSA) is 38.2 Å². The summed E-state index contributed by atoms with van der Waals surface area (Å²) in [6.07, 6.45) is 3.72. The highest BCUT2D eigenvalue weighted by Crippen LogP contribution is 2.55. The second-order valence-electron chi connectivity index (χ2n) is 12.2. The number of rotatable bonds is 6. The summed E-state index contributed by atoms with van der Waals surface area (Å²) in [6, 6.07) is 61.1. The van der Waals surface area contributed by atoms with E-state index in [1.807, 2.05) is 42.7 Å². The Balaban J connectivity index is 1.44. The van der Waals surface area contributed by atoms with E-state index < -0.39 is 0 Å². The van der Waals surface area contributed by atoms with Crippen LogP contribution >= 0.6 is 0 Å². The van der Waals surface area contributed by atoms with Gasteiger partial charge in [-0.05, 0) is 58.1 Å². The zero-order chi connectivity index (χ0) is 33.3. The van der Waals surface area contributed by atoms with Gasteiger partial charge < -0.3 is 4.74 Å². The molecular weight excluding hydrogens is 611 g/mol. The van der Waals surface area contributed by atoms with Gasteiger partial charge >= 0.3 is 0 Å². The summed E-state index contributed by atoms with van der Waals surface area (Å²) in [5, 5.41) is 0. The number of anilines is 3. The molecule has 0 fully saturated rings. The molecule has 0 aliphatic carbocycles. The number of fused-ring (bicyclic) bond motifs is 2. The van der Waals surface area contributed by atoms with Crippen LogP contribution in [0.4, 0.5) is 17.2 Å². The van der Waals surface area contributed by atoms with E-state index in [-0.39, 0.29) is 0 Å². The second-order valence-corrected chi connectivity index (χ2v) is 12.2. The van der Waals surface area contributed by atoms with Crippen molar-refractivity contribution in [3.05, 3.63) is 188 Å². The quantitative estimate of drug-likeness (QED) is 0.181. The number of ether oxygens (including phenoxy) is 1. The minimum atomic E-state index is 0.780. The summed E-state index contributed by atoms with van der Waals surface area (Å²) < 4.78 is 6.48. The first-order chi connectivity index (χ1) is 24.8. The predicted octanol–water partition coefficient (Wildman–Crippen LogP) is 12.4. The summed E-state index contributed by atoms with van der Waals surface area (Å²) >= 11 is 0. The van der Waals surface area contributed by atoms with Crippen molar-refractivity contribution in [2.24, 2.45) is 0 Å². The van der Waals surface area contributed by atoms with Gasteiger partial charge in [0.25, 0.3) is 0 Å².